The Kier molecular flexibility index (Phi) is 6.31. The van der Waals surface area contributed by atoms with Crippen LogP contribution in [-0.4, -0.2) is 25.5 Å². The average Bonchev–Trinajstić information content (AvgIpc) is 2.57. The van der Waals surface area contributed by atoms with Crippen molar-refractivity contribution in [1.29, 1.82) is 0 Å². The molecule has 2 aromatic carbocycles. The number of nitrogens with one attached hydrogen (secondary N) is 2. The van der Waals surface area contributed by atoms with Crippen molar-refractivity contribution in [1.82, 2.24) is 10.6 Å². The van der Waals surface area contributed by atoms with Crippen molar-refractivity contribution in [3.63, 3.8) is 0 Å². The molecule has 2 aromatic rings. The fourth-order valence-electron chi connectivity index (χ4n) is 1.95. The van der Waals surface area contributed by atoms with Gasteiger partial charge in [-0.2, -0.15) is 0 Å². The minimum Gasteiger partial charge on any atom is -0.497 e. The molecular formula is C17H16BrFN2O3. The Hall–Kier alpha value is -2.41. The van der Waals surface area contributed by atoms with Crippen molar-refractivity contribution in [2.45, 2.75) is 6.54 Å². The van der Waals surface area contributed by atoms with Gasteiger partial charge in [-0.25, -0.2) is 4.39 Å². The second kappa shape index (κ2) is 8.44. The number of hydrogen-bond donors (Lipinski definition) is 2. The highest BCUT2D eigenvalue weighted by molar-refractivity contribution is 9.10. The molecule has 0 atom stereocenters. The van der Waals surface area contributed by atoms with Crippen molar-refractivity contribution < 1.29 is 18.7 Å². The van der Waals surface area contributed by atoms with Crippen molar-refractivity contribution in [2.75, 3.05) is 13.7 Å². The number of amides is 2. The van der Waals surface area contributed by atoms with Crippen LogP contribution < -0.4 is 15.4 Å². The predicted molar refractivity (Wildman–Crippen MR) is 91.3 cm³/mol. The maximum Gasteiger partial charge on any atom is 0.251 e. The van der Waals surface area contributed by atoms with Crippen LogP contribution in [0.2, 0.25) is 0 Å². The summed E-state index contributed by atoms with van der Waals surface area (Å²) in [5.74, 6) is -0.651. The maximum absolute atomic E-state index is 13.3. The monoisotopic (exact) mass is 394 g/mol. The molecule has 126 valence electrons. The molecule has 24 heavy (non-hydrogen) atoms. The normalized spacial score (nSPS) is 10.1. The van der Waals surface area contributed by atoms with Crippen LogP contribution in [0.1, 0.15) is 15.9 Å². The van der Waals surface area contributed by atoms with Crippen LogP contribution >= 0.6 is 15.9 Å². The van der Waals surface area contributed by atoms with Gasteiger partial charge in [-0.15, -0.1) is 0 Å². The standard InChI is InChI=1S/C17H16BrFN2O3/c1-24-15-4-2-11(3-5-15)9-20-16(22)10-21-17(23)12-6-13(18)8-14(19)7-12/h2-8H,9-10H2,1H3,(H,20,22)(H,21,23). The summed E-state index contributed by atoms with van der Waals surface area (Å²) >= 11 is 3.11. The van der Waals surface area contributed by atoms with Crippen LogP contribution in [0.3, 0.4) is 0 Å². The third-order valence-corrected chi connectivity index (χ3v) is 3.64. The lowest BCUT2D eigenvalue weighted by Gasteiger charge is -2.08. The molecule has 0 saturated carbocycles. The predicted octanol–water partition coefficient (Wildman–Crippen LogP) is 2.64. The summed E-state index contributed by atoms with van der Waals surface area (Å²) in [5.41, 5.74) is 1.05. The van der Waals surface area contributed by atoms with Gasteiger partial charge in [0.25, 0.3) is 5.91 Å². The van der Waals surface area contributed by atoms with Gasteiger partial charge in [0.2, 0.25) is 5.91 Å². The molecule has 0 radical (unpaired) electrons. The first-order valence-corrected chi connectivity index (χ1v) is 7.91. The Morgan fingerprint density at radius 2 is 1.83 bits per heavy atom. The smallest absolute Gasteiger partial charge is 0.251 e. The lowest BCUT2D eigenvalue weighted by atomic mass is 10.2. The van der Waals surface area contributed by atoms with Crippen molar-refractivity contribution >= 4 is 27.7 Å². The first-order chi connectivity index (χ1) is 11.5. The topological polar surface area (TPSA) is 67.4 Å². The van der Waals surface area contributed by atoms with Crippen LogP contribution in [0.5, 0.6) is 5.75 Å². The number of carbonyl (C=O) groups is 2. The summed E-state index contributed by atoms with van der Waals surface area (Å²) in [6, 6.07) is 11.1. The van der Waals surface area contributed by atoms with E-state index in [1.165, 1.54) is 12.1 Å². The van der Waals surface area contributed by atoms with Crippen LogP contribution in [0.15, 0.2) is 46.9 Å². The Bertz CT molecular complexity index is 715. The molecule has 0 aromatic heterocycles. The van der Waals surface area contributed by atoms with Crippen LogP contribution in [0.4, 0.5) is 4.39 Å². The van der Waals surface area contributed by atoms with Crippen LogP contribution in [0, 0.1) is 5.82 Å². The minimum absolute atomic E-state index is 0.143. The highest BCUT2D eigenvalue weighted by atomic mass is 79.9. The van der Waals surface area contributed by atoms with E-state index >= 15 is 0 Å². The second-order valence-corrected chi connectivity index (χ2v) is 5.88. The molecular weight excluding hydrogens is 379 g/mol. The number of ether oxygens (including phenoxy) is 1. The number of hydrogen-bond acceptors (Lipinski definition) is 3. The van der Waals surface area contributed by atoms with Gasteiger partial charge >= 0.3 is 0 Å². The minimum atomic E-state index is -0.529. The zero-order valence-corrected chi connectivity index (χ0v) is 14.5. The summed E-state index contributed by atoms with van der Waals surface area (Å²) in [4.78, 5) is 23.7. The van der Waals surface area contributed by atoms with Gasteiger partial charge in [-0.1, -0.05) is 28.1 Å². The van der Waals surface area contributed by atoms with Crippen molar-refractivity contribution in [3.05, 3.63) is 63.9 Å². The SMILES string of the molecule is COc1ccc(CNC(=O)CNC(=O)c2cc(F)cc(Br)c2)cc1. The molecule has 2 amide bonds. The molecule has 0 saturated heterocycles. The van der Waals surface area contributed by atoms with Crippen molar-refractivity contribution in [2.24, 2.45) is 0 Å². The lowest BCUT2D eigenvalue weighted by Crippen LogP contribution is -2.36. The van der Waals surface area contributed by atoms with Crippen LogP contribution in [0.25, 0.3) is 0 Å². The zero-order chi connectivity index (χ0) is 17.5. The molecule has 7 heteroatoms. The zero-order valence-electron chi connectivity index (χ0n) is 12.9. The van der Waals surface area contributed by atoms with E-state index in [4.69, 9.17) is 4.74 Å². The Balaban J connectivity index is 1.80. The number of halogens is 2. The van der Waals surface area contributed by atoms with E-state index in [2.05, 4.69) is 26.6 Å². The molecule has 0 aliphatic rings. The molecule has 2 rings (SSSR count). The summed E-state index contributed by atoms with van der Waals surface area (Å²) in [7, 11) is 1.58. The molecule has 0 aliphatic heterocycles. The second-order valence-electron chi connectivity index (χ2n) is 4.97. The molecule has 2 N–H and O–H groups in total. The molecule has 0 heterocycles. The first kappa shape index (κ1) is 17.9. The highest BCUT2D eigenvalue weighted by Gasteiger charge is 2.10. The summed E-state index contributed by atoms with van der Waals surface area (Å²) in [5, 5.41) is 5.14. The maximum atomic E-state index is 13.3. The quantitative estimate of drug-likeness (QED) is 0.791. The summed E-state index contributed by atoms with van der Waals surface area (Å²) in [6.45, 7) is 0.146. The average molecular weight is 395 g/mol. The van der Waals surface area contributed by atoms with E-state index in [1.54, 1.807) is 19.2 Å². The number of methoxy groups -OCH3 is 1. The summed E-state index contributed by atoms with van der Waals surface area (Å²) in [6.07, 6.45) is 0. The number of carbonyl (C=O) groups excluding carboxylic acids is 2. The molecule has 5 nitrogen and oxygen atoms in total. The Morgan fingerprint density at radius 1 is 1.12 bits per heavy atom. The third-order valence-electron chi connectivity index (χ3n) is 3.18. The van der Waals surface area contributed by atoms with E-state index in [1.807, 2.05) is 12.1 Å². The first-order valence-electron chi connectivity index (χ1n) is 7.12. The van der Waals surface area contributed by atoms with E-state index in [-0.39, 0.29) is 18.0 Å². The van der Waals surface area contributed by atoms with Gasteiger partial charge in [-0.05, 0) is 35.9 Å². The molecule has 0 unspecified atom stereocenters. The van der Waals surface area contributed by atoms with Gasteiger partial charge in [0.05, 0.1) is 13.7 Å². The lowest BCUT2D eigenvalue weighted by molar-refractivity contribution is -0.120. The fourth-order valence-corrected chi connectivity index (χ4v) is 2.42. The number of rotatable bonds is 6. The van der Waals surface area contributed by atoms with E-state index in [0.717, 1.165) is 17.4 Å². The highest BCUT2D eigenvalue weighted by Crippen LogP contribution is 2.14. The van der Waals surface area contributed by atoms with Crippen LogP contribution in [-0.2, 0) is 11.3 Å². The van der Waals surface area contributed by atoms with E-state index in [0.29, 0.717) is 11.0 Å². The van der Waals surface area contributed by atoms with E-state index in [9.17, 15) is 14.0 Å². The Labute approximate surface area is 147 Å². The van der Waals surface area contributed by atoms with Gasteiger partial charge < -0.3 is 15.4 Å². The molecule has 0 aliphatic carbocycles. The molecule has 0 fully saturated rings. The fraction of sp³-hybridized carbons (Fsp3) is 0.176. The molecule has 0 bridgehead atoms. The third kappa shape index (κ3) is 5.34. The van der Waals surface area contributed by atoms with Gasteiger partial charge in [0, 0.05) is 16.6 Å². The number of benzene rings is 2. The van der Waals surface area contributed by atoms with Gasteiger partial charge in [0.1, 0.15) is 11.6 Å². The largest absolute Gasteiger partial charge is 0.497 e. The molecule has 0 spiro atoms. The van der Waals surface area contributed by atoms with Gasteiger partial charge in [-0.3, -0.25) is 9.59 Å². The van der Waals surface area contributed by atoms with Crippen molar-refractivity contribution in [3.8, 4) is 5.75 Å². The summed E-state index contributed by atoms with van der Waals surface area (Å²) < 4.78 is 18.8. The Morgan fingerprint density at radius 3 is 2.46 bits per heavy atom. The van der Waals surface area contributed by atoms with E-state index < -0.39 is 11.7 Å². The van der Waals surface area contributed by atoms with Gasteiger partial charge in [0.15, 0.2) is 0 Å².